The van der Waals surface area contributed by atoms with Gasteiger partial charge in [0.2, 0.25) is 17.2 Å². The van der Waals surface area contributed by atoms with E-state index < -0.39 is 0 Å². The Bertz CT molecular complexity index is 488. The molecule has 2 rings (SSSR count). The van der Waals surface area contributed by atoms with E-state index in [9.17, 15) is 0 Å². The van der Waals surface area contributed by atoms with Crippen LogP contribution in [-0.2, 0) is 6.54 Å². The minimum atomic E-state index is 0.165. The second-order valence-corrected chi connectivity index (χ2v) is 4.00. The maximum Gasteiger partial charge on any atom is 0.229 e. The Morgan fingerprint density at radius 3 is 2.67 bits per heavy atom. The third-order valence-electron chi connectivity index (χ3n) is 2.17. The van der Waals surface area contributed by atoms with E-state index >= 15 is 0 Å². The first kappa shape index (κ1) is 12.6. The van der Waals surface area contributed by atoms with Crippen molar-refractivity contribution in [3.8, 4) is 0 Å². The molecule has 0 aliphatic heterocycles. The topological polar surface area (TPSA) is 75.9 Å². The van der Waals surface area contributed by atoms with Crippen LogP contribution < -0.4 is 10.6 Å². The van der Waals surface area contributed by atoms with Gasteiger partial charge in [0.05, 0.1) is 12.5 Å². The van der Waals surface area contributed by atoms with Crippen LogP contribution in [0.5, 0.6) is 0 Å². The Balaban J connectivity index is 2.00. The standard InChI is InChI=1S/C11H14ClN5O/c1-2-4-13-10-15-9(12)16-11(17-10)14-6-8-3-5-18-7-8/h3,5,7H,2,4,6H2,1H3,(H2,13,14,15,16,17). The van der Waals surface area contributed by atoms with Crippen LogP contribution in [0.2, 0.25) is 5.28 Å². The Labute approximate surface area is 110 Å². The second kappa shape index (κ2) is 6.20. The summed E-state index contributed by atoms with van der Waals surface area (Å²) in [6.45, 7) is 3.43. The maximum absolute atomic E-state index is 5.83. The predicted molar refractivity (Wildman–Crippen MR) is 69.7 cm³/mol. The smallest absolute Gasteiger partial charge is 0.229 e. The number of nitrogens with zero attached hydrogens (tertiary/aromatic N) is 3. The van der Waals surface area contributed by atoms with Crippen molar-refractivity contribution in [2.75, 3.05) is 17.2 Å². The first-order chi connectivity index (χ1) is 8.78. The lowest BCUT2D eigenvalue weighted by atomic mass is 10.3. The highest BCUT2D eigenvalue weighted by atomic mass is 35.5. The van der Waals surface area contributed by atoms with Gasteiger partial charge in [-0.25, -0.2) is 0 Å². The molecule has 0 atom stereocenters. The minimum absolute atomic E-state index is 0.165. The molecule has 0 fully saturated rings. The lowest BCUT2D eigenvalue weighted by molar-refractivity contribution is 0.564. The van der Waals surface area contributed by atoms with Gasteiger partial charge in [-0.15, -0.1) is 0 Å². The van der Waals surface area contributed by atoms with Crippen molar-refractivity contribution in [1.29, 1.82) is 0 Å². The molecule has 0 saturated heterocycles. The summed E-state index contributed by atoms with van der Waals surface area (Å²) >= 11 is 5.83. The third kappa shape index (κ3) is 3.59. The SMILES string of the molecule is CCCNc1nc(Cl)nc(NCc2ccoc2)n1. The largest absolute Gasteiger partial charge is 0.472 e. The lowest BCUT2D eigenvalue weighted by Crippen LogP contribution is -2.09. The molecule has 0 saturated carbocycles. The van der Waals surface area contributed by atoms with Crippen molar-refractivity contribution in [1.82, 2.24) is 15.0 Å². The molecule has 2 aromatic rings. The molecule has 0 amide bonds. The molecular formula is C11H14ClN5O. The van der Waals surface area contributed by atoms with Crippen molar-refractivity contribution in [3.63, 3.8) is 0 Å². The summed E-state index contributed by atoms with van der Waals surface area (Å²) in [7, 11) is 0. The molecule has 0 aliphatic carbocycles. The van der Waals surface area contributed by atoms with Crippen molar-refractivity contribution in [3.05, 3.63) is 29.4 Å². The molecule has 0 aromatic carbocycles. The molecule has 0 spiro atoms. The van der Waals surface area contributed by atoms with Crippen LogP contribution in [0.4, 0.5) is 11.9 Å². The first-order valence-electron chi connectivity index (χ1n) is 5.68. The van der Waals surface area contributed by atoms with E-state index in [0.29, 0.717) is 18.4 Å². The van der Waals surface area contributed by atoms with Crippen LogP contribution in [0.1, 0.15) is 18.9 Å². The van der Waals surface area contributed by atoms with Gasteiger partial charge in [0.1, 0.15) is 0 Å². The zero-order valence-electron chi connectivity index (χ0n) is 9.98. The van der Waals surface area contributed by atoms with E-state index in [1.807, 2.05) is 6.07 Å². The minimum Gasteiger partial charge on any atom is -0.472 e. The molecule has 2 heterocycles. The van der Waals surface area contributed by atoms with Crippen LogP contribution >= 0.6 is 11.6 Å². The highest BCUT2D eigenvalue weighted by Gasteiger charge is 2.04. The van der Waals surface area contributed by atoms with Crippen molar-refractivity contribution < 1.29 is 4.42 Å². The Hall–Kier alpha value is -1.82. The van der Waals surface area contributed by atoms with E-state index in [1.54, 1.807) is 12.5 Å². The van der Waals surface area contributed by atoms with Crippen molar-refractivity contribution in [2.24, 2.45) is 0 Å². The zero-order chi connectivity index (χ0) is 12.8. The lowest BCUT2D eigenvalue weighted by Gasteiger charge is -2.06. The number of furan rings is 1. The molecule has 0 bridgehead atoms. The average molecular weight is 268 g/mol. The normalized spacial score (nSPS) is 10.3. The van der Waals surface area contributed by atoms with Crippen LogP contribution in [-0.4, -0.2) is 21.5 Å². The van der Waals surface area contributed by atoms with Crippen molar-refractivity contribution in [2.45, 2.75) is 19.9 Å². The van der Waals surface area contributed by atoms with E-state index in [1.165, 1.54) is 0 Å². The highest BCUT2D eigenvalue weighted by Crippen LogP contribution is 2.11. The molecule has 18 heavy (non-hydrogen) atoms. The van der Waals surface area contributed by atoms with Gasteiger partial charge in [0, 0.05) is 18.7 Å². The third-order valence-corrected chi connectivity index (χ3v) is 2.34. The van der Waals surface area contributed by atoms with Crippen molar-refractivity contribution >= 4 is 23.5 Å². The number of hydrogen-bond acceptors (Lipinski definition) is 6. The van der Waals surface area contributed by atoms with E-state index in [4.69, 9.17) is 16.0 Å². The quantitative estimate of drug-likeness (QED) is 0.838. The van der Waals surface area contributed by atoms with Gasteiger partial charge in [-0.2, -0.15) is 15.0 Å². The van der Waals surface area contributed by atoms with Crippen LogP contribution in [0, 0.1) is 0 Å². The average Bonchev–Trinajstić information content (AvgIpc) is 2.86. The molecule has 96 valence electrons. The molecule has 0 unspecified atom stereocenters. The van der Waals surface area contributed by atoms with Gasteiger partial charge >= 0.3 is 0 Å². The summed E-state index contributed by atoms with van der Waals surface area (Å²) in [5, 5.41) is 6.29. The van der Waals surface area contributed by atoms with Gasteiger partial charge in [-0.3, -0.25) is 0 Å². The predicted octanol–water partition coefficient (Wildman–Crippen LogP) is 2.55. The number of hydrogen-bond donors (Lipinski definition) is 2. The van der Waals surface area contributed by atoms with E-state index in [0.717, 1.165) is 18.5 Å². The molecule has 0 radical (unpaired) electrons. The molecule has 2 N–H and O–H groups in total. The fraction of sp³-hybridized carbons (Fsp3) is 0.364. The van der Waals surface area contributed by atoms with Gasteiger partial charge in [0.25, 0.3) is 0 Å². The molecule has 0 aliphatic rings. The number of anilines is 2. The number of nitrogens with one attached hydrogen (secondary N) is 2. The van der Waals surface area contributed by atoms with Gasteiger partial charge in [-0.05, 0) is 24.1 Å². The van der Waals surface area contributed by atoms with Crippen LogP contribution in [0.3, 0.4) is 0 Å². The summed E-state index contributed by atoms with van der Waals surface area (Å²) in [6.07, 6.45) is 4.26. The fourth-order valence-corrected chi connectivity index (χ4v) is 1.48. The zero-order valence-corrected chi connectivity index (χ0v) is 10.7. The summed E-state index contributed by atoms with van der Waals surface area (Å²) in [5.74, 6) is 0.918. The van der Waals surface area contributed by atoms with Gasteiger partial charge in [0.15, 0.2) is 0 Å². The Kier molecular flexibility index (Phi) is 4.35. The summed E-state index contributed by atoms with van der Waals surface area (Å²) in [6, 6.07) is 1.87. The molecule has 6 nitrogen and oxygen atoms in total. The summed E-state index contributed by atoms with van der Waals surface area (Å²) in [5.41, 5.74) is 1.01. The Morgan fingerprint density at radius 1 is 1.22 bits per heavy atom. The number of halogens is 1. The monoisotopic (exact) mass is 267 g/mol. The maximum atomic E-state index is 5.83. The fourth-order valence-electron chi connectivity index (χ4n) is 1.32. The Morgan fingerprint density at radius 2 is 2.00 bits per heavy atom. The molecule has 2 aromatic heterocycles. The van der Waals surface area contributed by atoms with Gasteiger partial charge < -0.3 is 15.1 Å². The molecular weight excluding hydrogens is 254 g/mol. The second-order valence-electron chi connectivity index (χ2n) is 3.66. The van der Waals surface area contributed by atoms with Gasteiger partial charge in [-0.1, -0.05) is 6.92 Å². The molecule has 7 heteroatoms. The van der Waals surface area contributed by atoms with Crippen LogP contribution in [0.25, 0.3) is 0 Å². The summed E-state index contributed by atoms with van der Waals surface area (Å²) in [4.78, 5) is 12.2. The first-order valence-corrected chi connectivity index (χ1v) is 6.06. The number of rotatable bonds is 6. The number of aromatic nitrogens is 3. The van der Waals surface area contributed by atoms with E-state index in [2.05, 4.69) is 32.5 Å². The van der Waals surface area contributed by atoms with Crippen LogP contribution in [0.15, 0.2) is 23.0 Å². The van der Waals surface area contributed by atoms with E-state index in [-0.39, 0.29) is 5.28 Å². The summed E-state index contributed by atoms with van der Waals surface area (Å²) < 4.78 is 4.97. The highest BCUT2D eigenvalue weighted by molar-refractivity contribution is 6.28.